The molecule has 0 saturated heterocycles. The van der Waals surface area contributed by atoms with Crippen molar-refractivity contribution in [2.75, 3.05) is 5.88 Å². The third kappa shape index (κ3) is 3.45. The number of carbonyl (C=O) groups is 3. The molecule has 0 bridgehead atoms. The van der Waals surface area contributed by atoms with Crippen molar-refractivity contribution in [1.29, 1.82) is 0 Å². The fourth-order valence-corrected chi connectivity index (χ4v) is 7.45. The number of alkyl halides is 2. The molecule has 0 spiro atoms. The second-order valence-electron chi connectivity index (χ2n) is 10.5. The van der Waals surface area contributed by atoms with Gasteiger partial charge in [0.05, 0.1) is 12.0 Å². The van der Waals surface area contributed by atoms with Crippen LogP contribution in [0.3, 0.4) is 0 Å². The second kappa shape index (κ2) is 8.58. The molecule has 3 N–H and O–H groups in total. The maximum Gasteiger partial charge on any atom is 0.303 e. The molecule has 3 saturated carbocycles. The highest BCUT2D eigenvalue weighted by atomic mass is 35.5. The summed E-state index contributed by atoms with van der Waals surface area (Å²) in [7, 11) is 0. The standard InChI is InChI=1S/C22H28ClFO4.C3H6O2/c1-12-8-16-15-5-4-13-9-14(25)6-7-19(13,2)21(15,24)17(26)10-20(16,3)22(12,28)18(27)11-23;1-2-3(4)5/h6-7,9,12,15-17,26,28H,4-5,8,10-11H2,1-3H3;2H2,1H3,(H,4,5). The Morgan fingerprint density at radius 1 is 1.27 bits per heavy atom. The molecule has 184 valence electrons. The van der Waals surface area contributed by atoms with E-state index >= 15 is 4.39 Å². The van der Waals surface area contributed by atoms with Gasteiger partial charge in [0.1, 0.15) is 5.60 Å². The van der Waals surface area contributed by atoms with Crippen LogP contribution in [0.2, 0.25) is 0 Å². The zero-order chi connectivity index (χ0) is 25.0. The van der Waals surface area contributed by atoms with E-state index in [9.17, 15) is 24.6 Å². The van der Waals surface area contributed by atoms with Gasteiger partial charge in [0.25, 0.3) is 0 Å². The molecule has 0 aliphatic heterocycles. The highest BCUT2D eigenvalue weighted by Gasteiger charge is 2.75. The summed E-state index contributed by atoms with van der Waals surface area (Å²) in [6.45, 7) is 6.98. The number of rotatable bonds is 3. The number of hydrogen-bond acceptors (Lipinski definition) is 5. The molecule has 0 aromatic heterocycles. The lowest BCUT2D eigenvalue weighted by atomic mass is 9.44. The third-order valence-corrected chi connectivity index (χ3v) is 9.31. The predicted octanol–water partition coefficient (Wildman–Crippen LogP) is 3.62. The molecule has 0 radical (unpaired) electrons. The first-order chi connectivity index (χ1) is 15.2. The van der Waals surface area contributed by atoms with Crippen LogP contribution in [0.15, 0.2) is 23.8 Å². The summed E-state index contributed by atoms with van der Waals surface area (Å²) in [4.78, 5) is 33.9. The normalized spacial score (nSPS) is 45.7. The van der Waals surface area contributed by atoms with Crippen LogP contribution in [0, 0.1) is 28.6 Å². The molecule has 0 amide bonds. The fourth-order valence-electron chi connectivity index (χ4n) is 7.24. The zero-order valence-corrected chi connectivity index (χ0v) is 20.4. The van der Waals surface area contributed by atoms with E-state index in [1.165, 1.54) is 12.2 Å². The number of aliphatic hydroxyl groups excluding tert-OH is 1. The average Bonchev–Trinajstić information content (AvgIpc) is 2.96. The van der Waals surface area contributed by atoms with E-state index in [2.05, 4.69) is 0 Å². The van der Waals surface area contributed by atoms with Crippen molar-refractivity contribution < 1.29 is 34.1 Å². The van der Waals surface area contributed by atoms with Crippen LogP contribution < -0.4 is 0 Å². The predicted molar refractivity (Wildman–Crippen MR) is 122 cm³/mol. The molecule has 33 heavy (non-hydrogen) atoms. The molecular formula is C25H34ClFO6. The summed E-state index contributed by atoms with van der Waals surface area (Å²) in [5.41, 5.74) is -4.90. The highest BCUT2D eigenvalue weighted by Crippen LogP contribution is 2.70. The van der Waals surface area contributed by atoms with E-state index in [-0.39, 0.29) is 36.3 Å². The van der Waals surface area contributed by atoms with Gasteiger partial charge >= 0.3 is 5.97 Å². The maximum absolute atomic E-state index is 16.9. The van der Waals surface area contributed by atoms with Gasteiger partial charge in [0, 0.05) is 23.2 Å². The lowest BCUT2D eigenvalue weighted by molar-refractivity contribution is -0.218. The zero-order valence-electron chi connectivity index (χ0n) is 19.6. The topological polar surface area (TPSA) is 112 Å². The summed E-state index contributed by atoms with van der Waals surface area (Å²) >= 11 is 5.81. The largest absolute Gasteiger partial charge is 0.481 e. The summed E-state index contributed by atoms with van der Waals surface area (Å²) in [6.07, 6.45) is 4.91. The lowest BCUT2D eigenvalue weighted by Crippen LogP contribution is -2.69. The summed E-state index contributed by atoms with van der Waals surface area (Å²) in [5, 5.41) is 30.3. The SMILES string of the molecule is CC1CC2C3CCC4=CC(=O)C=CC4(C)C3(F)C(O)CC2(C)C1(O)C(=O)CCl.CCC(=O)O. The Bertz CT molecular complexity index is 917. The average molecular weight is 485 g/mol. The number of aliphatic carboxylic acids is 1. The monoisotopic (exact) mass is 484 g/mol. The molecule has 4 aliphatic carbocycles. The number of carboxylic acids is 1. The summed E-state index contributed by atoms with van der Waals surface area (Å²) in [5.74, 6) is -2.78. The molecule has 8 atom stereocenters. The Morgan fingerprint density at radius 2 is 1.88 bits per heavy atom. The fraction of sp³-hybridized carbons (Fsp3) is 0.720. The number of Topliss-reactive ketones (excluding diaryl/α,β-unsaturated/α-hetero) is 1. The van der Waals surface area contributed by atoms with Crippen LogP contribution in [0.4, 0.5) is 4.39 Å². The van der Waals surface area contributed by atoms with Crippen molar-refractivity contribution in [2.24, 2.45) is 28.6 Å². The molecule has 0 heterocycles. The van der Waals surface area contributed by atoms with Gasteiger partial charge in [-0.25, -0.2) is 4.39 Å². The van der Waals surface area contributed by atoms with E-state index in [4.69, 9.17) is 16.7 Å². The van der Waals surface area contributed by atoms with Crippen molar-refractivity contribution in [3.05, 3.63) is 23.8 Å². The van der Waals surface area contributed by atoms with Gasteiger partial charge in [-0.05, 0) is 56.6 Å². The summed E-state index contributed by atoms with van der Waals surface area (Å²) < 4.78 is 16.9. The highest BCUT2D eigenvalue weighted by molar-refractivity contribution is 6.29. The van der Waals surface area contributed by atoms with Crippen LogP contribution in [0.5, 0.6) is 0 Å². The van der Waals surface area contributed by atoms with Crippen molar-refractivity contribution in [1.82, 2.24) is 0 Å². The third-order valence-electron chi connectivity index (χ3n) is 9.07. The van der Waals surface area contributed by atoms with Crippen LogP contribution in [-0.4, -0.2) is 56.1 Å². The lowest BCUT2D eigenvalue weighted by Gasteiger charge is -2.62. The van der Waals surface area contributed by atoms with E-state index in [1.807, 2.05) is 13.8 Å². The molecule has 4 aliphatic rings. The van der Waals surface area contributed by atoms with Crippen LogP contribution in [0.1, 0.15) is 59.8 Å². The molecule has 0 aromatic carbocycles. The van der Waals surface area contributed by atoms with Gasteiger partial charge in [0.2, 0.25) is 0 Å². The van der Waals surface area contributed by atoms with Crippen LogP contribution in [-0.2, 0) is 14.4 Å². The molecule has 0 aromatic rings. The molecule has 8 heteroatoms. The molecule has 3 fully saturated rings. The number of carbonyl (C=O) groups excluding carboxylic acids is 2. The van der Waals surface area contributed by atoms with E-state index in [1.54, 1.807) is 19.9 Å². The first-order valence-electron chi connectivity index (χ1n) is 11.6. The van der Waals surface area contributed by atoms with Gasteiger partial charge in [-0.15, -0.1) is 11.6 Å². The Balaban J connectivity index is 0.000000555. The number of halogens is 2. The van der Waals surface area contributed by atoms with E-state index in [0.29, 0.717) is 19.3 Å². The number of ketones is 2. The van der Waals surface area contributed by atoms with Gasteiger partial charge in [-0.1, -0.05) is 32.4 Å². The number of hydrogen-bond donors (Lipinski definition) is 3. The minimum absolute atomic E-state index is 0.0151. The Morgan fingerprint density at radius 3 is 2.42 bits per heavy atom. The van der Waals surface area contributed by atoms with Gasteiger partial charge in [-0.3, -0.25) is 14.4 Å². The minimum Gasteiger partial charge on any atom is -0.481 e. The summed E-state index contributed by atoms with van der Waals surface area (Å²) in [6, 6.07) is 0. The first kappa shape index (κ1) is 26.0. The van der Waals surface area contributed by atoms with E-state index < -0.39 is 45.9 Å². The van der Waals surface area contributed by atoms with Gasteiger partial charge in [0.15, 0.2) is 17.2 Å². The molecular weight excluding hydrogens is 451 g/mol. The number of fused-ring (bicyclic) bond motifs is 5. The van der Waals surface area contributed by atoms with Gasteiger partial charge < -0.3 is 15.3 Å². The van der Waals surface area contributed by atoms with Crippen molar-refractivity contribution in [3.63, 3.8) is 0 Å². The molecule has 4 rings (SSSR count). The number of allylic oxidation sites excluding steroid dienone is 4. The Hall–Kier alpha value is -1.57. The number of carboxylic acid groups (broad SMARTS) is 1. The molecule has 6 nitrogen and oxygen atoms in total. The van der Waals surface area contributed by atoms with Crippen LogP contribution >= 0.6 is 11.6 Å². The maximum atomic E-state index is 16.9. The molecule has 8 unspecified atom stereocenters. The van der Waals surface area contributed by atoms with E-state index in [0.717, 1.165) is 5.57 Å². The second-order valence-corrected chi connectivity index (χ2v) is 10.7. The Kier molecular flexibility index (Phi) is 6.77. The minimum atomic E-state index is -1.95. The number of aliphatic hydroxyl groups is 2. The van der Waals surface area contributed by atoms with Crippen molar-refractivity contribution >= 4 is 29.1 Å². The van der Waals surface area contributed by atoms with Crippen molar-refractivity contribution in [3.8, 4) is 0 Å². The van der Waals surface area contributed by atoms with Gasteiger partial charge in [-0.2, -0.15) is 0 Å². The quantitative estimate of drug-likeness (QED) is 0.527. The first-order valence-corrected chi connectivity index (χ1v) is 12.1. The smallest absolute Gasteiger partial charge is 0.303 e. The Labute approximate surface area is 198 Å². The van der Waals surface area contributed by atoms with Crippen molar-refractivity contribution in [2.45, 2.75) is 77.2 Å². The van der Waals surface area contributed by atoms with Crippen LogP contribution in [0.25, 0.3) is 0 Å².